The van der Waals surface area contributed by atoms with Crippen molar-refractivity contribution in [3.8, 4) is 0 Å². The van der Waals surface area contributed by atoms with E-state index in [4.69, 9.17) is 4.74 Å². The normalized spacial score (nSPS) is 11.4. The van der Waals surface area contributed by atoms with Crippen LogP contribution in [0.2, 0.25) is 0 Å². The molecule has 0 aliphatic carbocycles. The highest BCUT2D eigenvalue weighted by Crippen LogP contribution is 2.14. The van der Waals surface area contributed by atoms with Crippen LogP contribution in [-0.4, -0.2) is 39.4 Å². The molecule has 2 heterocycles. The van der Waals surface area contributed by atoms with Crippen LogP contribution in [0.4, 0.5) is 10.7 Å². The maximum atomic E-state index is 11.5. The number of anilines is 1. The smallest absolute Gasteiger partial charge is 0.407 e. The average Bonchev–Trinajstić information content (AvgIpc) is 2.74. The Hall–Kier alpha value is -1.83. The van der Waals surface area contributed by atoms with Crippen molar-refractivity contribution in [3.63, 3.8) is 0 Å². The van der Waals surface area contributed by atoms with Gasteiger partial charge in [0.05, 0.1) is 11.7 Å². The lowest BCUT2D eigenvalue weighted by molar-refractivity contribution is 0.0530. The highest BCUT2D eigenvalue weighted by molar-refractivity contribution is 9.10. The number of fused-ring (bicyclic) bond motifs is 1. The number of ether oxygens (including phenoxy) is 1. The number of amides is 1. The van der Waals surface area contributed by atoms with E-state index in [9.17, 15) is 4.79 Å². The standard InChI is InChI=1S/C13H18BrN5O2/c1-13(2,3)21-12(20)16-7-6-15-11-17-8-9-4-5-10(14)19(9)18-11/h4-5,8H,6-7H2,1-3H3,(H,15,18)(H,16,20). The zero-order valence-corrected chi connectivity index (χ0v) is 13.8. The van der Waals surface area contributed by atoms with Gasteiger partial charge in [0, 0.05) is 13.1 Å². The summed E-state index contributed by atoms with van der Waals surface area (Å²) in [6.07, 6.45) is 1.29. The molecule has 7 nitrogen and oxygen atoms in total. The molecule has 8 heteroatoms. The van der Waals surface area contributed by atoms with Gasteiger partial charge in [0.2, 0.25) is 5.95 Å². The van der Waals surface area contributed by atoms with Crippen LogP contribution in [0.1, 0.15) is 20.8 Å². The Morgan fingerprint density at radius 3 is 2.86 bits per heavy atom. The van der Waals surface area contributed by atoms with Crippen LogP contribution < -0.4 is 10.6 Å². The number of alkyl carbamates (subject to hydrolysis) is 1. The van der Waals surface area contributed by atoms with Gasteiger partial charge in [0.1, 0.15) is 10.2 Å². The van der Waals surface area contributed by atoms with Crippen LogP contribution >= 0.6 is 15.9 Å². The number of carbonyl (C=O) groups excluding carboxylic acids is 1. The Labute approximate surface area is 131 Å². The molecule has 114 valence electrons. The molecule has 2 rings (SSSR count). The molecule has 0 saturated heterocycles. The summed E-state index contributed by atoms with van der Waals surface area (Å²) in [5.41, 5.74) is 0.408. The molecule has 0 aliphatic heterocycles. The summed E-state index contributed by atoms with van der Waals surface area (Å²) in [4.78, 5) is 15.6. The summed E-state index contributed by atoms with van der Waals surface area (Å²) in [6, 6.07) is 3.82. The first-order valence-corrected chi connectivity index (χ1v) is 7.35. The molecule has 2 aromatic rings. The van der Waals surface area contributed by atoms with Crippen molar-refractivity contribution < 1.29 is 9.53 Å². The minimum absolute atomic E-state index is 0.420. The Morgan fingerprint density at radius 1 is 1.38 bits per heavy atom. The molecule has 0 aliphatic rings. The van der Waals surface area contributed by atoms with E-state index in [1.165, 1.54) is 0 Å². The van der Waals surface area contributed by atoms with Crippen molar-refractivity contribution >= 4 is 33.5 Å². The monoisotopic (exact) mass is 355 g/mol. The van der Waals surface area contributed by atoms with E-state index in [1.54, 1.807) is 10.7 Å². The van der Waals surface area contributed by atoms with Gasteiger partial charge in [-0.2, -0.15) is 0 Å². The van der Waals surface area contributed by atoms with E-state index < -0.39 is 11.7 Å². The fourth-order valence-electron chi connectivity index (χ4n) is 1.60. The van der Waals surface area contributed by atoms with Crippen LogP contribution in [0.15, 0.2) is 22.9 Å². The van der Waals surface area contributed by atoms with Crippen LogP contribution in [0.5, 0.6) is 0 Å². The molecular weight excluding hydrogens is 338 g/mol. The topological polar surface area (TPSA) is 80.5 Å². The average molecular weight is 356 g/mol. The highest BCUT2D eigenvalue weighted by Gasteiger charge is 2.15. The molecule has 0 bridgehead atoms. The van der Waals surface area contributed by atoms with Gasteiger partial charge in [-0.3, -0.25) is 0 Å². The van der Waals surface area contributed by atoms with E-state index in [-0.39, 0.29) is 0 Å². The SMILES string of the molecule is CC(C)(C)OC(=O)NCCNc1ncc2ccc(Br)n2n1. The Balaban J connectivity index is 1.80. The number of carbonyl (C=O) groups is 1. The van der Waals surface area contributed by atoms with Crippen LogP contribution in [0.3, 0.4) is 0 Å². The number of halogens is 1. The summed E-state index contributed by atoms with van der Waals surface area (Å²) < 4.78 is 7.72. The predicted molar refractivity (Wildman–Crippen MR) is 83.4 cm³/mol. The second-order valence-corrected chi connectivity index (χ2v) is 6.24. The van der Waals surface area contributed by atoms with Crippen LogP contribution in [-0.2, 0) is 4.74 Å². The molecule has 0 aromatic carbocycles. The molecule has 0 saturated carbocycles. The van der Waals surface area contributed by atoms with Crippen molar-refractivity contribution in [2.45, 2.75) is 26.4 Å². The summed E-state index contributed by atoms with van der Waals surface area (Å²) in [7, 11) is 0. The van der Waals surface area contributed by atoms with Gasteiger partial charge in [0.25, 0.3) is 0 Å². The highest BCUT2D eigenvalue weighted by atomic mass is 79.9. The minimum Gasteiger partial charge on any atom is -0.444 e. The largest absolute Gasteiger partial charge is 0.444 e. The summed E-state index contributed by atoms with van der Waals surface area (Å²) in [6.45, 7) is 6.39. The molecule has 1 amide bonds. The number of hydrogen-bond donors (Lipinski definition) is 2. The van der Waals surface area contributed by atoms with Gasteiger partial charge in [-0.05, 0) is 48.8 Å². The maximum absolute atomic E-state index is 11.5. The zero-order valence-electron chi connectivity index (χ0n) is 12.2. The van der Waals surface area contributed by atoms with Gasteiger partial charge in [-0.15, -0.1) is 5.10 Å². The Bertz CT molecular complexity index is 635. The molecule has 0 unspecified atom stereocenters. The maximum Gasteiger partial charge on any atom is 0.407 e. The number of nitrogens with zero attached hydrogens (tertiary/aromatic N) is 3. The molecule has 2 N–H and O–H groups in total. The van der Waals surface area contributed by atoms with E-state index in [0.29, 0.717) is 19.0 Å². The first-order chi connectivity index (χ1) is 9.85. The number of rotatable bonds is 4. The summed E-state index contributed by atoms with van der Waals surface area (Å²) in [5.74, 6) is 0.491. The van der Waals surface area contributed by atoms with Gasteiger partial charge in [-0.1, -0.05) is 0 Å². The second-order valence-electron chi connectivity index (χ2n) is 5.43. The first kappa shape index (κ1) is 15.6. The molecule has 2 aromatic heterocycles. The molecule has 0 radical (unpaired) electrons. The fourth-order valence-corrected chi connectivity index (χ4v) is 2.02. The first-order valence-electron chi connectivity index (χ1n) is 6.56. The summed E-state index contributed by atoms with van der Waals surface area (Å²) in [5, 5.41) is 10.0. The number of nitrogens with one attached hydrogen (secondary N) is 2. The number of aromatic nitrogens is 3. The van der Waals surface area contributed by atoms with E-state index in [2.05, 4.69) is 36.6 Å². The van der Waals surface area contributed by atoms with Gasteiger partial charge in [-0.25, -0.2) is 14.3 Å². The second kappa shape index (κ2) is 6.30. The molecule has 0 fully saturated rings. The lowest BCUT2D eigenvalue weighted by Crippen LogP contribution is -2.35. The number of hydrogen-bond acceptors (Lipinski definition) is 5. The van der Waals surface area contributed by atoms with Crippen molar-refractivity contribution in [1.82, 2.24) is 19.9 Å². The summed E-state index contributed by atoms with van der Waals surface area (Å²) >= 11 is 3.40. The third-order valence-electron chi connectivity index (χ3n) is 2.43. The third-order valence-corrected chi connectivity index (χ3v) is 3.03. The lowest BCUT2D eigenvalue weighted by Gasteiger charge is -2.19. The molecular formula is C13H18BrN5O2. The van der Waals surface area contributed by atoms with Crippen LogP contribution in [0, 0.1) is 0 Å². The Kier molecular flexibility index (Phi) is 4.66. The van der Waals surface area contributed by atoms with Gasteiger partial charge < -0.3 is 15.4 Å². The minimum atomic E-state index is -0.494. The predicted octanol–water partition coefficient (Wildman–Crippen LogP) is 2.43. The van der Waals surface area contributed by atoms with Crippen molar-refractivity contribution in [2.24, 2.45) is 0 Å². The van der Waals surface area contributed by atoms with E-state index in [1.807, 2.05) is 32.9 Å². The quantitative estimate of drug-likeness (QED) is 0.823. The van der Waals surface area contributed by atoms with Crippen molar-refractivity contribution in [3.05, 3.63) is 22.9 Å². The lowest BCUT2D eigenvalue weighted by atomic mass is 10.2. The van der Waals surface area contributed by atoms with Crippen molar-refractivity contribution in [2.75, 3.05) is 18.4 Å². The zero-order chi connectivity index (χ0) is 15.5. The molecule has 0 atom stereocenters. The van der Waals surface area contributed by atoms with Crippen LogP contribution in [0.25, 0.3) is 5.52 Å². The molecule has 0 spiro atoms. The van der Waals surface area contributed by atoms with Gasteiger partial charge >= 0.3 is 6.09 Å². The van der Waals surface area contributed by atoms with E-state index in [0.717, 1.165) is 10.1 Å². The van der Waals surface area contributed by atoms with Gasteiger partial charge in [0.15, 0.2) is 0 Å². The van der Waals surface area contributed by atoms with Crippen molar-refractivity contribution in [1.29, 1.82) is 0 Å². The third kappa shape index (κ3) is 4.59. The molecule has 21 heavy (non-hydrogen) atoms. The van der Waals surface area contributed by atoms with E-state index >= 15 is 0 Å². The Morgan fingerprint density at radius 2 is 2.14 bits per heavy atom. The fraction of sp³-hybridized carbons (Fsp3) is 0.462.